The molecule has 5 aromatic rings. The van der Waals surface area contributed by atoms with E-state index in [1.165, 1.54) is 5.56 Å². The molecule has 0 atom stereocenters. The summed E-state index contributed by atoms with van der Waals surface area (Å²) in [6.07, 6.45) is 7.39. The molecule has 12 heteroatoms. The Labute approximate surface area is 201 Å². The van der Waals surface area contributed by atoms with Gasteiger partial charge in [0, 0.05) is 63.8 Å². The highest BCUT2D eigenvalue weighted by molar-refractivity contribution is 5.88. The number of aromatic amines is 1. The fourth-order valence-electron chi connectivity index (χ4n) is 4.35. The smallest absolute Gasteiger partial charge is 0.212 e. The van der Waals surface area contributed by atoms with Gasteiger partial charge >= 0.3 is 0 Å². The number of H-pyrrole nitrogens is 1. The van der Waals surface area contributed by atoms with Crippen LogP contribution >= 0.6 is 0 Å². The minimum atomic E-state index is 0.640. The second-order valence-electron chi connectivity index (χ2n) is 8.51. The molecule has 0 spiro atoms. The van der Waals surface area contributed by atoms with E-state index in [0.717, 1.165) is 55.5 Å². The first kappa shape index (κ1) is 21.2. The van der Waals surface area contributed by atoms with Crippen molar-refractivity contribution in [3.63, 3.8) is 0 Å². The van der Waals surface area contributed by atoms with Crippen LogP contribution in [0.4, 0.5) is 5.82 Å². The summed E-state index contributed by atoms with van der Waals surface area (Å²) in [4.78, 5) is 13.8. The van der Waals surface area contributed by atoms with Crippen molar-refractivity contribution in [2.24, 2.45) is 7.05 Å². The summed E-state index contributed by atoms with van der Waals surface area (Å²) in [6, 6.07) is 8.03. The summed E-state index contributed by atoms with van der Waals surface area (Å²) in [5.41, 5.74) is 4.98. The highest BCUT2D eigenvalue weighted by atomic mass is 16.5. The first-order valence-electron chi connectivity index (χ1n) is 11.4. The highest BCUT2D eigenvalue weighted by Gasteiger charge is 2.21. The van der Waals surface area contributed by atoms with Crippen LogP contribution in [0, 0.1) is 0 Å². The summed E-state index contributed by atoms with van der Waals surface area (Å²) >= 11 is 0. The van der Waals surface area contributed by atoms with Crippen molar-refractivity contribution in [1.29, 1.82) is 0 Å². The van der Waals surface area contributed by atoms with E-state index >= 15 is 0 Å². The quantitative estimate of drug-likeness (QED) is 0.394. The predicted molar refractivity (Wildman–Crippen MR) is 129 cm³/mol. The van der Waals surface area contributed by atoms with E-state index in [4.69, 9.17) is 14.8 Å². The Hall–Kier alpha value is -4.32. The van der Waals surface area contributed by atoms with E-state index in [1.807, 2.05) is 43.8 Å². The maximum absolute atomic E-state index is 5.14. The summed E-state index contributed by atoms with van der Waals surface area (Å²) in [5.74, 6) is 1.59. The van der Waals surface area contributed by atoms with Gasteiger partial charge in [0.15, 0.2) is 5.52 Å². The fraction of sp³-hybridized carbons (Fsp3) is 0.304. The molecule has 0 amide bonds. The number of pyridine rings is 2. The van der Waals surface area contributed by atoms with Gasteiger partial charge < -0.3 is 9.64 Å². The number of aryl methyl sites for hydroxylation is 1. The van der Waals surface area contributed by atoms with Crippen molar-refractivity contribution >= 4 is 17.0 Å². The van der Waals surface area contributed by atoms with Gasteiger partial charge in [0.1, 0.15) is 11.5 Å². The molecule has 1 aliphatic heterocycles. The summed E-state index contributed by atoms with van der Waals surface area (Å²) < 4.78 is 8.65. The largest absolute Gasteiger partial charge is 0.481 e. The van der Waals surface area contributed by atoms with Gasteiger partial charge in [-0.2, -0.15) is 20.5 Å². The molecular formula is C23H25N11O. The topological polar surface area (TPSA) is 119 Å². The van der Waals surface area contributed by atoms with Gasteiger partial charge in [-0.15, -0.1) is 5.10 Å². The lowest BCUT2D eigenvalue weighted by Crippen LogP contribution is -2.46. The number of anilines is 1. The van der Waals surface area contributed by atoms with Crippen LogP contribution in [0.1, 0.15) is 5.56 Å². The maximum Gasteiger partial charge on any atom is 0.212 e. The number of rotatable bonds is 6. The molecule has 178 valence electrons. The number of aromatic nitrogens is 9. The molecule has 35 heavy (non-hydrogen) atoms. The van der Waals surface area contributed by atoms with Crippen LogP contribution in [0.25, 0.3) is 28.1 Å². The summed E-state index contributed by atoms with van der Waals surface area (Å²) in [7, 11) is 3.50. The Balaban J connectivity index is 1.14. The zero-order valence-electron chi connectivity index (χ0n) is 19.5. The minimum absolute atomic E-state index is 0.640. The highest BCUT2D eigenvalue weighted by Crippen LogP contribution is 2.27. The van der Waals surface area contributed by atoms with E-state index in [0.29, 0.717) is 17.0 Å². The number of hydrogen-bond donors (Lipinski definition) is 1. The molecule has 1 N–H and O–H groups in total. The van der Waals surface area contributed by atoms with E-state index in [2.05, 4.69) is 41.4 Å². The second kappa shape index (κ2) is 8.80. The van der Waals surface area contributed by atoms with Crippen molar-refractivity contribution in [2.45, 2.75) is 6.54 Å². The normalized spacial score (nSPS) is 14.6. The third kappa shape index (κ3) is 4.08. The van der Waals surface area contributed by atoms with E-state index in [9.17, 15) is 0 Å². The third-order valence-corrected chi connectivity index (χ3v) is 6.22. The molecule has 12 nitrogen and oxygen atoms in total. The molecule has 0 unspecified atom stereocenters. The average molecular weight is 472 g/mol. The number of methoxy groups -OCH3 is 1. The molecule has 6 heterocycles. The Morgan fingerprint density at radius 3 is 2.54 bits per heavy atom. The van der Waals surface area contributed by atoms with Crippen LogP contribution in [0.2, 0.25) is 0 Å². The van der Waals surface area contributed by atoms with Gasteiger partial charge in [0.2, 0.25) is 11.5 Å². The molecule has 0 saturated carbocycles. The minimum Gasteiger partial charge on any atom is -0.481 e. The summed E-state index contributed by atoms with van der Waals surface area (Å²) in [6.45, 7) is 4.63. The van der Waals surface area contributed by atoms with E-state index < -0.39 is 0 Å². The van der Waals surface area contributed by atoms with Gasteiger partial charge in [-0.05, 0) is 17.7 Å². The predicted octanol–water partition coefficient (Wildman–Crippen LogP) is 1.66. The van der Waals surface area contributed by atoms with Gasteiger partial charge in [-0.3, -0.25) is 9.58 Å². The van der Waals surface area contributed by atoms with Crippen molar-refractivity contribution < 1.29 is 4.74 Å². The van der Waals surface area contributed by atoms with E-state index in [-0.39, 0.29) is 0 Å². The number of piperazine rings is 1. The average Bonchev–Trinajstić information content (AvgIpc) is 3.62. The first-order chi connectivity index (χ1) is 17.2. The molecule has 1 aliphatic rings. The Kier molecular flexibility index (Phi) is 5.34. The van der Waals surface area contributed by atoms with Crippen LogP contribution in [-0.4, -0.2) is 83.1 Å². The van der Waals surface area contributed by atoms with Crippen molar-refractivity contribution in [3.8, 4) is 22.8 Å². The van der Waals surface area contributed by atoms with Crippen molar-refractivity contribution in [1.82, 2.24) is 49.8 Å². The molecule has 6 rings (SSSR count). The molecule has 0 radical (unpaired) electrons. The lowest BCUT2D eigenvalue weighted by molar-refractivity contribution is 0.249. The number of nitrogens with zero attached hydrogens (tertiary/aromatic N) is 10. The lowest BCUT2D eigenvalue weighted by Gasteiger charge is -2.35. The monoisotopic (exact) mass is 471 g/mol. The van der Waals surface area contributed by atoms with Gasteiger partial charge in [-0.25, -0.2) is 14.6 Å². The fourth-order valence-corrected chi connectivity index (χ4v) is 4.35. The molecule has 5 aromatic heterocycles. The number of hydrogen-bond acceptors (Lipinski definition) is 9. The Morgan fingerprint density at radius 2 is 1.86 bits per heavy atom. The zero-order valence-corrected chi connectivity index (χ0v) is 19.5. The van der Waals surface area contributed by atoms with Crippen LogP contribution in [0.3, 0.4) is 0 Å². The molecule has 1 fully saturated rings. The molecule has 0 aromatic carbocycles. The van der Waals surface area contributed by atoms with Gasteiger partial charge in [0.25, 0.3) is 0 Å². The van der Waals surface area contributed by atoms with Crippen LogP contribution in [-0.2, 0) is 13.6 Å². The zero-order chi connectivity index (χ0) is 23.8. The Bertz CT molecular complexity index is 1430. The van der Waals surface area contributed by atoms with Crippen molar-refractivity contribution in [2.75, 3.05) is 38.2 Å². The van der Waals surface area contributed by atoms with Gasteiger partial charge in [0.05, 0.1) is 25.2 Å². The van der Waals surface area contributed by atoms with Gasteiger partial charge in [-0.1, -0.05) is 6.07 Å². The molecule has 1 saturated heterocycles. The first-order valence-corrected chi connectivity index (χ1v) is 11.4. The second-order valence-corrected chi connectivity index (χ2v) is 8.51. The number of ether oxygens (including phenoxy) is 1. The molecule has 0 aliphatic carbocycles. The SMILES string of the molecule is COc1ccc(CN2CCN(c3ccc(-n4nc(-c5cnn(C)c5)c5n[nH]nc54)cn3)CC2)cn1. The lowest BCUT2D eigenvalue weighted by atomic mass is 10.2. The summed E-state index contributed by atoms with van der Waals surface area (Å²) in [5, 5.41) is 20.3. The molecular weight excluding hydrogens is 446 g/mol. The number of nitrogens with one attached hydrogen (secondary N) is 1. The number of fused-ring (bicyclic) bond motifs is 1. The molecule has 0 bridgehead atoms. The maximum atomic E-state index is 5.14. The Morgan fingerprint density at radius 1 is 0.971 bits per heavy atom. The van der Waals surface area contributed by atoms with Crippen LogP contribution < -0.4 is 9.64 Å². The van der Waals surface area contributed by atoms with Crippen LogP contribution in [0.5, 0.6) is 5.88 Å². The van der Waals surface area contributed by atoms with Crippen LogP contribution in [0.15, 0.2) is 49.1 Å². The van der Waals surface area contributed by atoms with E-state index in [1.54, 1.807) is 22.7 Å². The third-order valence-electron chi connectivity index (χ3n) is 6.22. The standard InChI is InChI=1S/C23H25N11O/c1-31-15-17(12-26-31)21-22-23(28-30-27-22)34(29-21)18-4-5-19(24-13-18)33-9-7-32(8-10-33)14-16-3-6-20(35-2)25-11-16/h3-6,11-13,15H,7-10,14H2,1-2H3,(H,27,28,30). The van der Waals surface area contributed by atoms with Crippen molar-refractivity contribution in [3.05, 3.63) is 54.6 Å².